The summed E-state index contributed by atoms with van der Waals surface area (Å²) < 4.78 is 10.8. The molecule has 0 saturated heterocycles. The summed E-state index contributed by atoms with van der Waals surface area (Å²) >= 11 is 0. The predicted octanol–water partition coefficient (Wildman–Crippen LogP) is 6.66. The summed E-state index contributed by atoms with van der Waals surface area (Å²) in [6.07, 6.45) is 2.73. The van der Waals surface area contributed by atoms with Gasteiger partial charge in [-0.3, -0.25) is 4.79 Å². The van der Waals surface area contributed by atoms with E-state index in [1.807, 2.05) is 42.5 Å². The van der Waals surface area contributed by atoms with Crippen LogP contribution in [0.2, 0.25) is 0 Å². The van der Waals surface area contributed by atoms with E-state index in [0.29, 0.717) is 12.8 Å². The summed E-state index contributed by atoms with van der Waals surface area (Å²) in [5.41, 5.74) is 5.14. The second-order valence-electron chi connectivity index (χ2n) is 8.15. The van der Waals surface area contributed by atoms with Crippen molar-refractivity contribution in [3.63, 3.8) is 0 Å². The van der Waals surface area contributed by atoms with E-state index >= 15 is 0 Å². The van der Waals surface area contributed by atoms with Gasteiger partial charge in [-0.1, -0.05) is 50.2 Å². The molecular formula is C27H27NO3. The molecule has 0 unspecified atom stereocenters. The van der Waals surface area contributed by atoms with Gasteiger partial charge < -0.3 is 14.4 Å². The van der Waals surface area contributed by atoms with Gasteiger partial charge in [0.05, 0.1) is 13.4 Å². The van der Waals surface area contributed by atoms with E-state index in [1.54, 1.807) is 6.26 Å². The standard InChI is InChI=1S/C27H27NO3/c1-27(2)20(14-17-26(29)30-3)19-31-25-16-15-23(18-24(25)27)28(21-10-6-4-7-11-21)22-12-8-5-9-13-22/h4-13,15-16,18-19H,14,17H2,1-3H3. The van der Waals surface area contributed by atoms with Gasteiger partial charge in [-0.15, -0.1) is 0 Å². The molecule has 0 saturated carbocycles. The van der Waals surface area contributed by atoms with Gasteiger partial charge in [0.15, 0.2) is 0 Å². The lowest BCUT2D eigenvalue weighted by atomic mass is 9.75. The molecule has 0 radical (unpaired) electrons. The van der Waals surface area contributed by atoms with Crippen LogP contribution in [0.1, 0.15) is 32.3 Å². The van der Waals surface area contributed by atoms with Gasteiger partial charge in [0.2, 0.25) is 0 Å². The second-order valence-corrected chi connectivity index (χ2v) is 8.15. The molecule has 0 bridgehead atoms. The molecule has 4 nitrogen and oxygen atoms in total. The smallest absolute Gasteiger partial charge is 0.305 e. The van der Waals surface area contributed by atoms with Crippen LogP contribution < -0.4 is 9.64 Å². The number of hydrogen-bond acceptors (Lipinski definition) is 4. The summed E-state index contributed by atoms with van der Waals surface area (Å²) in [5, 5.41) is 0. The summed E-state index contributed by atoms with van der Waals surface area (Å²) in [6.45, 7) is 4.35. The van der Waals surface area contributed by atoms with Crippen molar-refractivity contribution in [3.8, 4) is 5.75 Å². The summed E-state index contributed by atoms with van der Waals surface area (Å²) in [4.78, 5) is 13.9. The number of anilines is 3. The normalized spacial score (nSPS) is 14.1. The Morgan fingerprint density at radius 1 is 0.903 bits per heavy atom. The van der Waals surface area contributed by atoms with E-state index < -0.39 is 0 Å². The number of ether oxygens (including phenoxy) is 2. The molecule has 158 valence electrons. The van der Waals surface area contributed by atoms with Crippen LogP contribution in [0.4, 0.5) is 17.1 Å². The van der Waals surface area contributed by atoms with E-state index in [2.05, 4.69) is 55.1 Å². The van der Waals surface area contributed by atoms with Crippen molar-refractivity contribution in [2.45, 2.75) is 32.1 Å². The Hall–Kier alpha value is -3.53. The molecule has 0 fully saturated rings. The van der Waals surface area contributed by atoms with Crippen molar-refractivity contribution >= 4 is 23.0 Å². The number of nitrogens with zero attached hydrogens (tertiary/aromatic N) is 1. The Bertz CT molecular complexity index is 1050. The minimum atomic E-state index is -0.267. The Labute approximate surface area is 183 Å². The van der Waals surface area contributed by atoms with Crippen LogP contribution in [-0.4, -0.2) is 13.1 Å². The van der Waals surface area contributed by atoms with E-state index in [1.165, 1.54) is 7.11 Å². The molecule has 0 atom stereocenters. The van der Waals surface area contributed by atoms with Gasteiger partial charge in [0.25, 0.3) is 0 Å². The zero-order valence-electron chi connectivity index (χ0n) is 18.2. The number of fused-ring (bicyclic) bond motifs is 1. The third kappa shape index (κ3) is 4.19. The lowest BCUT2D eigenvalue weighted by Crippen LogP contribution is -2.26. The number of methoxy groups -OCH3 is 1. The van der Waals surface area contributed by atoms with Crippen molar-refractivity contribution in [1.82, 2.24) is 0 Å². The monoisotopic (exact) mass is 413 g/mol. The zero-order valence-corrected chi connectivity index (χ0v) is 18.2. The van der Waals surface area contributed by atoms with E-state index in [4.69, 9.17) is 9.47 Å². The number of esters is 1. The Kier molecular flexibility index (Phi) is 5.81. The maximum Gasteiger partial charge on any atom is 0.305 e. The molecule has 3 aromatic carbocycles. The molecule has 4 rings (SSSR count). The maximum atomic E-state index is 11.7. The number of carbonyl (C=O) groups excluding carboxylic acids is 1. The number of rotatable bonds is 6. The Morgan fingerprint density at radius 3 is 2.10 bits per heavy atom. The van der Waals surface area contributed by atoms with Crippen LogP contribution in [0, 0.1) is 0 Å². The molecule has 0 N–H and O–H groups in total. The number of carbonyl (C=O) groups is 1. The quantitative estimate of drug-likeness (QED) is 0.423. The number of hydrogen-bond donors (Lipinski definition) is 0. The van der Waals surface area contributed by atoms with Gasteiger partial charge >= 0.3 is 5.97 Å². The highest BCUT2D eigenvalue weighted by molar-refractivity contribution is 5.77. The fraction of sp³-hybridized carbons (Fsp3) is 0.222. The number of para-hydroxylation sites is 2. The highest BCUT2D eigenvalue weighted by Crippen LogP contribution is 2.46. The highest BCUT2D eigenvalue weighted by Gasteiger charge is 2.33. The molecule has 0 amide bonds. The number of benzene rings is 3. The van der Waals surface area contributed by atoms with Crippen molar-refractivity contribution in [2.75, 3.05) is 12.0 Å². The zero-order chi connectivity index (χ0) is 21.8. The lowest BCUT2D eigenvalue weighted by Gasteiger charge is -2.35. The first-order valence-electron chi connectivity index (χ1n) is 10.5. The molecule has 1 heterocycles. The molecule has 31 heavy (non-hydrogen) atoms. The fourth-order valence-corrected chi connectivity index (χ4v) is 4.01. The average molecular weight is 414 g/mol. The SMILES string of the molecule is COC(=O)CCC1=COc2ccc(N(c3ccccc3)c3ccccc3)cc2C1(C)C. The largest absolute Gasteiger partial charge is 0.469 e. The minimum absolute atomic E-state index is 0.212. The summed E-state index contributed by atoms with van der Waals surface area (Å²) in [6, 6.07) is 27.0. The summed E-state index contributed by atoms with van der Waals surface area (Å²) in [7, 11) is 1.42. The van der Waals surface area contributed by atoms with Crippen molar-refractivity contribution in [3.05, 3.63) is 96.3 Å². The van der Waals surface area contributed by atoms with Gasteiger partial charge in [0, 0.05) is 34.5 Å². The lowest BCUT2D eigenvalue weighted by molar-refractivity contribution is -0.140. The van der Waals surface area contributed by atoms with Crippen LogP contribution in [0.3, 0.4) is 0 Å². The molecule has 1 aliphatic rings. The Morgan fingerprint density at radius 2 is 1.52 bits per heavy atom. The van der Waals surface area contributed by atoms with E-state index in [9.17, 15) is 4.79 Å². The minimum Gasteiger partial charge on any atom is -0.469 e. The molecular weight excluding hydrogens is 386 g/mol. The van der Waals surface area contributed by atoms with Crippen LogP contribution in [0.15, 0.2) is 90.7 Å². The second kappa shape index (κ2) is 8.68. The van der Waals surface area contributed by atoms with Crippen molar-refractivity contribution in [2.24, 2.45) is 0 Å². The van der Waals surface area contributed by atoms with E-state index in [0.717, 1.165) is 33.9 Å². The molecule has 0 aromatic heterocycles. The summed E-state index contributed by atoms with van der Waals surface area (Å²) in [5.74, 6) is 0.632. The molecule has 1 aliphatic heterocycles. The molecule has 3 aromatic rings. The van der Waals surface area contributed by atoms with Crippen LogP contribution in [-0.2, 0) is 14.9 Å². The first-order chi connectivity index (χ1) is 15.0. The average Bonchev–Trinajstić information content (AvgIpc) is 2.80. The first kappa shape index (κ1) is 20.7. The fourth-order valence-electron chi connectivity index (χ4n) is 4.01. The molecule has 0 spiro atoms. The topological polar surface area (TPSA) is 38.8 Å². The Balaban J connectivity index is 1.74. The maximum absolute atomic E-state index is 11.7. The van der Waals surface area contributed by atoms with Crippen LogP contribution in [0.5, 0.6) is 5.75 Å². The third-order valence-corrected chi connectivity index (χ3v) is 5.88. The van der Waals surface area contributed by atoms with Gasteiger partial charge in [0.1, 0.15) is 5.75 Å². The van der Waals surface area contributed by atoms with Crippen molar-refractivity contribution < 1.29 is 14.3 Å². The van der Waals surface area contributed by atoms with Crippen LogP contribution >= 0.6 is 0 Å². The van der Waals surface area contributed by atoms with E-state index in [-0.39, 0.29) is 11.4 Å². The van der Waals surface area contributed by atoms with Gasteiger partial charge in [-0.2, -0.15) is 0 Å². The van der Waals surface area contributed by atoms with Gasteiger partial charge in [-0.25, -0.2) is 0 Å². The first-order valence-corrected chi connectivity index (χ1v) is 10.5. The highest BCUT2D eigenvalue weighted by atomic mass is 16.5. The molecule has 4 heteroatoms. The van der Waals surface area contributed by atoms with Crippen LogP contribution in [0.25, 0.3) is 0 Å². The predicted molar refractivity (Wildman–Crippen MR) is 124 cm³/mol. The van der Waals surface area contributed by atoms with Crippen molar-refractivity contribution in [1.29, 1.82) is 0 Å². The number of allylic oxidation sites excluding steroid dienone is 1. The molecule has 0 aliphatic carbocycles. The van der Waals surface area contributed by atoms with Gasteiger partial charge in [-0.05, 0) is 54.5 Å². The third-order valence-electron chi connectivity index (χ3n) is 5.88.